The van der Waals surface area contributed by atoms with Gasteiger partial charge in [-0.05, 0) is 30.7 Å². The molecule has 23 heavy (non-hydrogen) atoms. The number of tetrazole rings is 1. The Hall–Kier alpha value is -2.28. The van der Waals surface area contributed by atoms with Crippen LogP contribution in [0.15, 0.2) is 30.3 Å². The molecule has 0 amide bonds. The summed E-state index contributed by atoms with van der Waals surface area (Å²) in [5, 5.41) is 24.0. The monoisotopic (exact) mass is 316 g/mol. The number of hydrogen-bond donors (Lipinski definition) is 2. The van der Waals surface area contributed by atoms with Crippen LogP contribution in [-0.2, 0) is 16.0 Å². The number of benzene rings is 1. The van der Waals surface area contributed by atoms with Crippen molar-refractivity contribution in [1.82, 2.24) is 20.6 Å². The molecule has 0 radical (unpaired) electrons. The summed E-state index contributed by atoms with van der Waals surface area (Å²) >= 11 is 0. The van der Waals surface area contributed by atoms with Crippen LogP contribution in [0, 0.1) is 11.8 Å². The van der Waals surface area contributed by atoms with Crippen LogP contribution in [0.25, 0.3) is 0 Å². The van der Waals surface area contributed by atoms with Crippen molar-refractivity contribution in [2.45, 2.75) is 25.2 Å². The lowest BCUT2D eigenvalue weighted by Crippen LogP contribution is -2.35. The van der Waals surface area contributed by atoms with Gasteiger partial charge in [0.15, 0.2) is 5.82 Å². The van der Waals surface area contributed by atoms with Crippen LogP contribution in [0.3, 0.4) is 0 Å². The first kappa shape index (κ1) is 15.6. The summed E-state index contributed by atoms with van der Waals surface area (Å²) in [6, 6.07) is 9.84. The molecule has 1 aliphatic heterocycles. The number of nitrogens with one attached hydrogen (secondary N) is 1. The molecule has 0 bridgehead atoms. The second kappa shape index (κ2) is 7.32. The number of aliphatic carboxylic acids is 1. The van der Waals surface area contributed by atoms with Crippen molar-refractivity contribution in [1.29, 1.82) is 0 Å². The van der Waals surface area contributed by atoms with E-state index < -0.39 is 11.9 Å². The van der Waals surface area contributed by atoms with Gasteiger partial charge in [-0.1, -0.05) is 35.5 Å². The highest BCUT2D eigenvalue weighted by Gasteiger charge is 2.39. The molecule has 2 heterocycles. The molecule has 1 aromatic carbocycles. The van der Waals surface area contributed by atoms with Crippen LogP contribution in [0.4, 0.5) is 0 Å². The Morgan fingerprint density at radius 1 is 1.30 bits per heavy atom. The molecule has 2 atom stereocenters. The number of carboxylic acids is 1. The van der Waals surface area contributed by atoms with E-state index in [1.807, 2.05) is 30.3 Å². The SMILES string of the molecule is O=C(O)C(C1CCOCC1)C(Cc1ccccc1)c1nn[nH]n1. The summed E-state index contributed by atoms with van der Waals surface area (Å²) in [5.74, 6) is -1.13. The van der Waals surface area contributed by atoms with Gasteiger partial charge in [0.05, 0.1) is 5.92 Å². The van der Waals surface area contributed by atoms with Gasteiger partial charge in [-0.15, -0.1) is 10.2 Å². The quantitative estimate of drug-likeness (QED) is 0.840. The van der Waals surface area contributed by atoms with E-state index in [1.54, 1.807) is 0 Å². The van der Waals surface area contributed by atoms with Gasteiger partial charge in [-0.25, -0.2) is 0 Å². The molecule has 1 fully saturated rings. The van der Waals surface area contributed by atoms with Gasteiger partial charge in [0, 0.05) is 19.1 Å². The first-order chi connectivity index (χ1) is 11.3. The van der Waals surface area contributed by atoms with Crippen molar-refractivity contribution in [3.63, 3.8) is 0 Å². The Balaban J connectivity index is 1.90. The fourth-order valence-corrected chi connectivity index (χ4v) is 3.35. The van der Waals surface area contributed by atoms with E-state index in [-0.39, 0.29) is 11.8 Å². The summed E-state index contributed by atoms with van der Waals surface area (Å²) in [6.07, 6.45) is 2.08. The number of carbonyl (C=O) groups is 1. The highest BCUT2D eigenvalue weighted by atomic mass is 16.5. The second-order valence-electron chi connectivity index (χ2n) is 5.88. The van der Waals surface area contributed by atoms with Gasteiger partial charge in [0.25, 0.3) is 0 Å². The van der Waals surface area contributed by atoms with E-state index in [9.17, 15) is 9.90 Å². The third-order valence-electron chi connectivity index (χ3n) is 4.48. The molecule has 3 rings (SSSR count). The predicted molar refractivity (Wildman–Crippen MR) is 81.7 cm³/mol. The Kier molecular flexibility index (Phi) is 4.97. The van der Waals surface area contributed by atoms with Crippen molar-refractivity contribution < 1.29 is 14.6 Å². The van der Waals surface area contributed by atoms with Crippen molar-refractivity contribution in [2.75, 3.05) is 13.2 Å². The molecular formula is C16H20N4O3. The maximum absolute atomic E-state index is 12.0. The number of H-pyrrole nitrogens is 1. The molecule has 1 saturated heterocycles. The fraction of sp³-hybridized carbons (Fsp3) is 0.500. The molecule has 7 nitrogen and oxygen atoms in total. The maximum Gasteiger partial charge on any atom is 0.307 e. The highest BCUT2D eigenvalue weighted by molar-refractivity contribution is 5.71. The summed E-state index contributed by atoms with van der Waals surface area (Å²) in [5.41, 5.74) is 1.07. The third kappa shape index (κ3) is 3.73. The molecule has 1 aromatic heterocycles. The molecule has 0 spiro atoms. The normalized spacial score (nSPS) is 18.4. The highest BCUT2D eigenvalue weighted by Crippen LogP contribution is 2.36. The van der Waals surface area contributed by atoms with Crippen LogP contribution in [0.1, 0.15) is 30.1 Å². The maximum atomic E-state index is 12.0. The number of hydrogen-bond acceptors (Lipinski definition) is 5. The van der Waals surface area contributed by atoms with Crippen LogP contribution in [0.2, 0.25) is 0 Å². The number of aromatic amines is 1. The number of ether oxygens (including phenoxy) is 1. The molecule has 2 unspecified atom stereocenters. The molecule has 1 aliphatic rings. The topological polar surface area (TPSA) is 101 Å². The van der Waals surface area contributed by atoms with Gasteiger partial charge >= 0.3 is 5.97 Å². The van der Waals surface area contributed by atoms with Gasteiger partial charge in [0.2, 0.25) is 0 Å². The molecule has 2 aromatic rings. The van der Waals surface area contributed by atoms with Gasteiger partial charge in [0.1, 0.15) is 0 Å². The van der Waals surface area contributed by atoms with Gasteiger partial charge in [-0.2, -0.15) is 5.21 Å². The Labute approximate surface area is 134 Å². The standard InChI is InChI=1S/C16H20N4O3/c21-16(22)14(12-6-8-23-9-7-12)13(15-17-19-20-18-15)10-11-4-2-1-3-5-11/h1-5,12-14H,6-10H2,(H,21,22)(H,17,18,19,20). The van der Waals surface area contributed by atoms with Gasteiger partial charge < -0.3 is 9.84 Å². The Morgan fingerprint density at radius 2 is 2.04 bits per heavy atom. The number of rotatable bonds is 6. The molecule has 0 saturated carbocycles. The largest absolute Gasteiger partial charge is 0.481 e. The lowest BCUT2D eigenvalue weighted by molar-refractivity contribution is -0.146. The predicted octanol–water partition coefficient (Wildman–Crippen LogP) is 1.65. The van der Waals surface area contributed by atoms with Crippen molar-refractivity contribution >= 4 is 5.97 Å². The summed E-state index contributed by atoms with van der Waals surface area (Å²) in [6.45, 7) is 1.22. The second-order valence-corrected chi connectivity index (χ2v) is 5.88. The minimum Gasteiger partial charge on any atom is -0.481 e. The van der Waals surface area contributed by atoms with Crippen LogP contribution >= 0.6 is 0 Å². The van der Waals surface area contributed by atoms with E-state index >= 15 is 0 Å². The van der Waals surface area contributed by atoms with Gasteiger partial charge in [-0.3, -0.25) is 4.79 Å². The number of nitrogens with zero attached hydrogens (tertiary/aromatic N) is 3. The van der Waals surface area contributed by atoms with Crippen LogP contribution in [0.5, 0.6) is 0 Å². The minimum atomic E-state index is -0.803. The fourth-order valence-electron chi connectivity index (χ4n) is 3.35. The molecule has 7 heteroatoms. The molecule has 122 valence electrons. The van der Waals surface area contributed by atoms with Crippen LogP contribution in [-0.4, -0.2) is 44.9 Å². The average molecular weight is 316 g/mol. The zero-order chi connectivity index (χ0) is 16.1. The van der Waals surface area contributed by atoms with Crippen molar-refractivity contribution in [2.24, 2.45) is 11.8 Å². The lowest BCUT2D eigenvalue weighted by atomic mass is 9.75. The first-order valence-electron chi connectivity index (χ1n) is 7.83. The summed E-state index contributed by atoms with van der Waals surface area (Å²) in [7, 11) is 0. The zero-order valence-corrected chi connectivity index (χ0v) is 12.8. The van der Waals surface area contributed by atoms with E-state index in [4.69, 9.17) is 4.74 Å². The molecular weight excluding hydrogens is 296 g/mol. The molecule has 0 aliphatic carbocycles. The van der Waals surface area contributed by atoms with Crippen LogP contribution < -0.4 is 0 Å². The Morgan fingerprint density at radius 3 is 2.65 bits per heavy atom. The van der Waals surface area contributed by atoms with E-state index in [1.165, 1.54) is 0 Å². The first-order valence-corrected chi connectivity index (χ1v) is 7.83. The summed E-state index contributed by atoms with van der Waals surface area (Å²) in [4.78, 5) is 12.0. The van der Waals surface area contributed by atoms with E-state index in [2.05, 4.69) is 20.6 Å². The summed E-state index contributed by atoms with van der Waals surface area (Å²) < 4.78 is 5.38. The van der Waals surface area contributed by atoms with Crippen molar-refractivity contribution in [3.05, 3.63) is 41.7 Å². The lowest BCUT2D eigenvalue weighted by Gasteiger charge is -2.31. The third-order valence-corrected chi connectivity index (χ3v) is 4.48. The smallest absolute Gasteiger partial charge is 0.307 e. The number of aromatic nitrogens is 4. The van der Waals surface area contributed by atoms with Crippen molar-refractivity contribution in [3.8, 4) is 0 Å². The minimum absolute atomic E-state index is 0.0634. The Bertz CT molecular complexity index is 612. The average Bonchev–Trinajstić information content (AvgIpc) is 3.10. The molecule has 2 N–H and O–H groups in total. The zero-order valence-electron chi connectivity index (χ0n) is 12.8. The van der Waals surface area contributed by atoms with E-state index in [0.717, 1.165) is 18.4 Å². The van der Waals surface area contributed by atoms with E-state index in [0.29, 0.717) is 25.5 Å². The number of carboxylic acid groups (broad SMARTS) is 1.